The van der Waals surface area contributed by atoms with Gasteiger partial charge in [-0.05, 0) is 51.2 Å². The summed E-state index contributed by atoms with van der Waals surface area (Å²) in [6, 6.07) is 4.65. The molecule has 0 saturated carbocycles. The molecule has 232 valence electrons. The minimum absolute atomic E-state index is 0.0402. The summed E-state index contributed by atoms with van der Waals surface area (Å²) in [7, 11) is 3.92. The van der Waals surface area contributed by atoms with Crippen molar-refractivity contribution in [3.63, 3.8) is 0 Å². The van der Waals surface area contributed by atoms with Crippen molar-refractivity contribution >= 4 is 17.4 Å². The van der Waals surface area contributed by atoms with E-state index in [4.69, 9.17) is 9.72 Å². The van der Waals surface area contributed by atoms with Gasteiger partial charge in [-0.15, -0.1) is 0 Å². The molecule has 3 heterocycles. The highest BCUT2D eigenvalue weighted by molar-refractivity contribution is 5.87. The average Bonchev–Trinajstić information content (AvgIpc) is 2.97. The number of benzene rings is 1. The minimum atomic E-state index is -4.73. The Kier molecular flexibility index (Phi) is 10.1. The Balaban J connectivity index is 1.71. The van der Waals surface area contributed by atoms with Crippen molar-refractivity contribution < 1.29 is 27.1 Å². The molecule has 1 aromatic heterocycles. The predicted molar refractivity (Wildman–Crippen MR) is 154 cm³/mol. The summed E-state index contributed by atoms with van der Waals surface area (Å²) < 4.78 is 61.5. The van der Waals surface area contributed by atoms with Gasteiger partial charge in [0.15, 0.2) is 0 Å². The van der Waals surface area contributed by atoms with Crippen LogP contribution in [0.1, 0.15) is 43.0 Å². The third-order valence-electron chi connectivity index (χ3n) is 7.95. The van der Waals surface area contributed by atoms with E-state index in [1.165, 1.54) is 6.08 Å². The maximum atomic E-state index is 13.9. The molecule has 2 aliphatic rings. The zero-order chi connectivity index (χ0) is 31.3. The van der Waals surface area contributed by atoms with E-state index < -0.39 is 23.6 Å². The van der Waals surface area contributed by atoms with Crippen molar-refractivity contribution in [1.29, 1.82) is 5.26 Å². The fourth-order valence-electron chi connectivity index (χ4n) is 5.66. The summed E-state index contributed by atoms with van der Waals surface area (Å²) >= 11 is 0. The Labute approximate surface area is 249 Å². The molecule has 0 spiro atoms. The smallest absolute Gasteiger partial charge is 0.418 e. The lowest BCUT2D eigenvalue weighted by Crippen LogP contribution is -2.55. The monoisotopic (exact) mass is 603 g/mol. The van der Waals surface area contributed by atoms with Gasteiger partial charge in [-0.2, -0.15) is 28.4 Å². The van der Waals surface area contributed by atoms with Crippen LogP contribution in [-0.4, -0.2) is 84.6 Å². The lowest BCUT2D eigenvalue weighted by Gasteiger charge is -2.42. The van der Waals surface area contributed by atoms with Crippen LogP contribution >= 0.6 is 0 Å². The number of piperazine rings is 1. The molecular formula is C30H37F4N7O2. The first-order chi connectivity index (χ1) is 20.5. The molecule has 1 saturated heterocycles. The van der Waals surface area contributed by atoms with E-state index in [9.17, 15) is 27.6 Å². The first kappa shape index (κ1) is 32.0. The fourth-order valence-corrected chi connectivity index (χ4v) is 5.66. The molecule has 2 aliphatic heterocycles. The van der Waals surface area contributed by atoms with Crippen LogP contribution in [0.25, 0.3) is 0 Å². The van der Waals surface area contributed by atoms with Crippen molar-refractivity contribution in [2.75, 3.05) is 56.7 Å². The lowest BCUT2D eigenvalue weighted by molar-refractivity contribution is -0.137. The van der Waals surface area contributed by atoms with Crippen molar-refractivity contribution in [1.82, 2.24) is 19.8 Å². The highest BCUT2D eigenvalue weighted by Gasteiger charge is 2.37. The van der Waals surface area contributed by atoms with Crippen molar-refractivity contribution in [3.8, 4) is 12.1 Å². The van der Waals surface area contributed by atoms with Crippen LogP contribution in [0.15, 0.2) is 30.9 Å². The van der Waals surface area contributed by atoms with Crippen LogP contribution in [-0.2, 0) is 23.9 Å². The number of fused-ring (bicyclic) bond motifs is 1. The number of amides is 1. The summed E-state index contributed by atoms with van der Waals surface area (Å²) in [6.07, 6.45) is -1.21. The number of anilines is 2. The van der Waals surface area contributed by atoms with Gasteiger partial charge in [0.25, 0.3) is 0 Å². The second-order valence-corrected chi connectivity index (χ2v) is 11.0. The molecule has 1 fully saturated rings. The topological polar surface area (TPSA) is 88.8 Å². The Morgan fingerprint density at radius 2 is 2.02 bits per heavy atom. The van der Waals surface area contributed by atoms with E-state index >= 15 is 0 Å². The largest absolute Gasteiger partial charge is 0.462 e. The number of aromatic nitrogens is 2. The predicted octanol–water partition coefficient (Wildman–Crippen LogP) is 4.42. The third kappa shape index (κ3) is 7.36. The molecule has 4 rings (SSSR count). The number of likely N-dealkylation sites (N-methyl/N-ethyl adjacent to an activating group) is 1. The molecule has 2 aromatic rings. The van der Waals surface area contributed by atoms with E-state index in [0.29, 0.717) is 50.2 Å². The van der Waals surface area contributed by atoms with E-state index in [1.54, 1.807) is 9.80 Å². The number of nitriles is 1. The normalized spacial score (nSPS) is 17.8. The zero-order valence-corrected chi connectivity index (χ0v) is 24.7. The molecular weight excluding hydrogens is 566 g/mol. The summed E-state index contributed by atoms with van der Waals surface area (Å²) in [5.41, 5.74) is 0.124. The summed E-state index contributed by atoms with van der Waals surface area (Å²) in [6.45, 7) is 7.36. The zero-order valence-electron chi connectivity index (χ0n) is 24.7. The maximum Gasteiger partial charge on any atom is 0.418 e. The van der Waals surface area contributed by atoms with Crippen LogP contribution in [0.5, 0.6) is 6.01 Å². The van der Waals surface area contributed by atoms with Crippen molar-refractivity contribution in [3.05, 3.63) is 53.5 Å². The van der Waals surface area contributed by atoms with Gasteiger partial charge in [0.1, 0.15) is 18.2 Å². The summed E-state index contributed by atoms with van der Waals surface area (Å²) in [5.74, 6) is -0.632. The number of halogens is 4. The van der Waals surface area contributed by atoms with Crippen molar-refractivity contribution in [2.45, 2.75) is 57.4 Å². The molecule has 1 aromatic carbocycles. The Hall–Kier alpha value is -3.92. The van der Waals surface area contributed by atoms with Gasteiger partial charge in [0.2, 0.25) is 5.91 Å². The Morgan fingerprint density at radius 1 is 1.26 bits per heavy atom. The number of carbonyl (C=O) groups excluding carboxylic acids is 1. The maximum absolute atomic E-state index is 13.9. The number of nitrogens with zero attached hydrogens (tertiary/aromatic N) is 7. The first-order valence-electron chi connectivity index (χ1n) is 14.3. The highest BCUT2D eigenvalue weighted by atomic mass is 19.4. The van der Waals surface area contributed by atoms with Gasteiger partial charge in [-0.3, -0.25) is 4.79 Å². The SMILES string of the molecule is C=CC(=O)N1CCN(c2nc(OC[C@H](CCC)N(C)C)nc3c2CCN(c2ccc(F)cc2C(F)(F)F)C3)CC1CC#N. The first-order valence-corrected chi connectivity index (χ1v) is 14.3. The van der Waals surface area contributed by atoms with E-state index in [0.717, 1.165) is 30.5 Å². The molecule has 0 bridgehead atoms. The molecule has 1 amide bonds. The number of carbonyl (C=O) groups is 1. The van der Waals surface area contributed by atoms with Gasteiger partial charge < -0.3 is 24.3 Å². The van der Waals surface area contributed by atoms with Gasteiger partial charge in [0, 0.05) is 43.5 Å². The van der Waals surface area contributed by atoms with Gasteiger partial charge >= 0.3 is 12.2 Å². The average molecular weight is 604 g/mol. The standard InChI is InChI=1S/C30H37F4N7O2/c1-5-7-22(38(3)4)19-43-29-36-25-18-39(26-9-8-20(31)16-24(26)30(32,33)34)13-11-23(25)28(37-29)40-14-15-41(27(42)6-2)21(17-40)10-12-35/h6,8-9,16,21-22H,2,5,7,10-11,13-15,17-19H2,1,3-4H3/t21?,22-/m0/s1. The van der Waals surface area contributed by atoms with E-state index in [1.807, 2.05) is 19.0 Å². The van der Waals surface area contributed by atoms with Gasteiger partial charge in [0.05, 0.1) is 36.3 Å². The molecule has 43 heavy (non-hydrogen) atoms. The molecule has 9 nitrogen and oxygen atoms in total. The van der Waals surface area contributed by atoms with Crippen molar-refractivity contribution in [2.24, 2.45) is 0 Å². The second-order valence-electron chi connectivity index (χ2n) is 11.0. The lowest BCUT2D eigenvalue weighted by atomic mass is 10.0. The van der Waals surface area contributed by atoms with Crippen LogP contribution in [0.3, 0.4) is 0 Å². The molecule has 0 aliphatic carbocycles. The Bertz CT molecular complexity index is 1360. The van der Waals surface area contributed by atoms with E-state index in [-0.39, 0.29) is 43.2 Å². The van der Waals surface area contributed by atoms with Gasteiger partial charge in [-0.25, -0.2) is 4.39 Å². The molecule has 0 radical (unpaired) electrons. The molecule has 0 N–H and O–H groups in total. The number of hydrogen-bond acceptors (Lipinski definition) is 8. The minimum Gasteiger partial charge on any atom is -0.462 e. The summed E-state index contributed by atoms with van der Waals surface area (Å²) in [5, 5.41) is 9.44. The number of alkyl halides is 3. The van der Waals surface area contributed by atoms with Crippen LogP contribution in [0, 0.1) is 17.1 Å². The third-order valence-corrected chi connectivity index (χ3v) is 7.95. The van der Waals surface area contributed by atoms with E-state index in [2.05, 4.69) is 29.5 Å². The molecule has 2 atom stereocenters. The fraction of sp³-hybridized carbons (Fsp3) is 0.533. The molecule has 13 heteroatoms. The second kappa shape index (κ2) is 13.6. The quantitative estimate of drug-likeness (QED) is 0.291. The Morgan fingerprint density at radius 3 is 2.67 bits per heavy atom. The van der Waals surface area contributed by atoms with Crippen LogP contribution < -0.4 is 14.5 Å². The van der Waals surface area contributed by atoms with Gasteiger partial charge in [-0.1, -0.05) is 19.9 Å². The van der Waals surface area contributed by atoms with Crippen LogP contribution in [0.4, 0.5) is 29.1 Å². The number of ether oxygens (including phenoxy) is 1. The summed E-state index contributed by atoms with van der Waals surface area (Å²) in [4.78, 5) is 29.1. The number of hydrogen-bond donors (Lipinski definition) is 0. The molecule has 1 unspecified atom stereocenters. The highest BCUT2D eigenvalue weighted by Crippen LogP contribution is 2.39. The van der Waals surface area contributed by atoms with Crippen LogP contribution in [0.2, 0.25) is 0 Å². The number of rotatable bonds is 10.